The molecule has 1 atom stereocenters. The number of halogens is 1. The Bertz CT molecular complexity index is 930. The van der Waals surface area contributed by atoms with E-state index in [4.69, 9.17) is 30.5 Å². The van der Waals surface area contributed by atoms with Crippen LogP contribution in [0.4, 0.5) is 0 Å². The molecule has 2 aromatic rings. The van der Waals surface area contributed by atoms with Crippen LogP contribution in [0.2, 0.25) is 5.02 Å². The van der Waals surface area contributed by atoms with Crippen LogP contribution >= 0.6 is 11.6 Å². The van der Waals surface area contributed by atoms with Crippen LogP contribution in [0.1, 0.15) is 27.6 Å². The summed E-state index contributed by atoms with van der Waals surface area (Å²) in [6.45, 7) is 4.85. The summed E-state index contributed by atoms with van der Waals surface area (Å²) in [6.07, 6.45) is -0.174. The number of rotatable bonds is 12. The zero-order valence-corrected chi connectivity index (χ0v) is 21.0. The van der Waals surface area contributed by atoms with Gasteiger partial charge in [0.25, 0.3) is 0 Å². The third kappa shape index (κ3) is 8.59. The average molecular weight is 505 g/mol. The molecular formula is C26H33ClN2O6. The highest BCUT2D eigenvalue weighted by molar-refractivity contribution is 6.30. The Hall–Kier alpha value is -2.49. The molecule has 9 heteroatoms. The highest BCUT2D eigenvalue weighted by Crippen LogP contribution is 2.23. The second kappa shape index (κ2) is 14.2. The number of hydrogen-bond acceptors (Lipinski definition) is 7. The van der Waals surface area contributed by atoms with Crippen LogP contribution in [0.15, 0.2) is 48.5 Å². The topological polar surface area (TPSA) is 77.5 Å². The molecule has 0 radical (unpaired) electrons. The van der Waals surface area contributed by atoms with Gasteiger partial charge in [-0.05, 0) is 35.4 Å². The number of carbonyl (C=O) groups excluding carboxylic acids is 2. The van der Waals surface area contributed by atoms with Gasteiger partial charge < -0.3 is 23.8 Å². The lowest BCUT2D eigenvalue weighted by atomic mass is 10.1. The van der Waals surface area contributed by atoms with E-state index >= 15 is 0 Å². The summed E-state index contributed by atoms with van der Waals surface area (Å²) in [7, 11) is 2.97. The largest absolute Gasteiger partial charge is 0.465 e. The summed E-state index contributed by atoms with van der Waals surface area (Å²) in [4.78, 5) is 28.2. The first-order valence-corrected chi connectivity index (χ1v) is 12.0. The van der Waals surface area contributed by atoms with Gasteiger partial charge in [0.2, 0.25) is 5.91 Å². The number of amides is 1. The number of hydrogen-bond donors (Lipinski definition) is 0. The van der Waals surface area contributed by atoms with E-state index in [0.29, 0.717) is 50.0 Å². The third-order valence-electron chi connectivity index (χ3n) is 5.87. The molecule has 3 rings (SSSR count). The molecule has 0 aliphatic carbocycles. The number of esters is 1. The molecule has 1 fully saturated rings. The van der Waals surface area contributed by atoms with Crippen LogP contribution in [0.3, 0.4) is 0 Å². The van der Waals surface area contributed by atoms with E-state index in [-0.39, 0.29) is 24.6 Å². The van der Waals surface area contributed by atoms with E-state index in [2.05, 4.69) is 4.90 Å². The Kier molecular flexibility index (Phi) is 11.0. The molecule has 0 aromatic heterocycles. The van der Waals surface area contributed by atoms with Gasteiger partial charge in [0.05, 0.1) is 38.6 Å². The maximum atomic E-state index is 12.4. The fourth-order valence-electron chi connectivity index (χ4n) is 3.79. The standard InChI is InChI=1S/C26H33ClN2O6/c1-32-15-16-34-19-25(30)29-13-11-28(12-14-29)17-24(21-7-9-23(27)10-8-21)35-18-20-3-5-22(6-4-20)26(31)33-2/h3-10,24H,11-19H2,1-2H3. The molecular weight excluding hydrogens is 472 g/mol. The van der Waals surface area contributed by atoms with E-state index in [1.54, 1.807) is 19.2 Å². The minimum absolute atomic E-state index is 0.00153. The third-order valence-corrected chi connectivity index (χ3v) is 6.13. The van der Waals surface area contributed by atoms with Gasteiger partial charge in [0.15, 0.2) is 0 Å². The van der Waals surface area contributed by atoms with Crippen molar-refractivity contribution in [1.82, 2.24) is 9.80 Å². The molecule has 1 aliphatic heterocycles. The second-order valence-corrected chi connectivity index (χ2v) is 8.70. The molecule has 0 bridgehead atoms. The Morgan fingerprint density at radius 1 is 0.943 bits per heavy atom. The predicted octanol–water partition coefficient (Wildman–Crippen LogP) is 3.19. The molecule has 2 aromatic carbocycles. The molecule has 190 valence electrons. The summed E-state index contributed by atoms with van der Waals surface area (Å²) in [5.74, 6) is -0.364. The van der Waals surface area contributed by atoms with Crippen molar-refractivity contribution in [3.05, 3.63) is 70.2 Å². The fourth-order valence-corrected chi connectivity index (χ4v) is 3.92. The monoisotopic (exact) mass is 504 g/mol. The van der Waals surface area contributed by atoms with Crippen LogP contribution in [-0.2, 0) is 30.3 Å². The molecule has 8 nitrogen and oxygen atoms in total. The van der Waals surface area contributed by atoms with Gasteiger partial charge in [-0.2, -0.15) is 0 Å². The number of ether oxygens (including phenoxy) is 4. The number of carbonyl (C=O) groups is 2. The van der Waals surface area contributed by atoms with Gasteiger partial charge in [0.1, 0.15) is 6.61 Å². The minimum atomic E-state index is -0.365. The van der Waals surface area contributed by atoms with Crippen LogP contribution < -0.4 is 0 Å². The zero-order valence-electron chi connectivity index (χ0n) is 20.3. The quantitative estimate of drug-likeness (QED) is 0.324. The first kappa shape index (κ1) is 27.1. The van der Waals surface area contributed by atoms with Crippen molar-refractivity contribution < 1.29 is 28.5 Å². The Balaban J connectivity index is 1.55. The lowest BCUT2D eigenvalue weighted by Crippen LogP contribution is -2.50. The van der Waals surface area contributed by atoms with E-state index in [9.17, 15) is 9.59 Å². The average Bonchev–Trinajstić information content (AvgIpc) is 2.89. The highest BCUT2D eigenvalue weighted by Gasteiger charge is 2.24. The van der Waals surface area contributed by atoms with Crippen molar-refractivity contribution in [2.45, 2.75) is 12.7 Å². The smallest absolute Gasteiger partial charge is 0.337 e. The van der Waals surface area contributed by atoms with E-state index in [0.717, 1.165) is 24.2 Å². The predicted molar refractivity (Wildman–Crippen MR) is 132 cm³/mol. The van der Waals surface area contributed by atoms with Gasteiger partial charge >= 0.3 is 5.97 Å². The lowest BCUT2D eigenvalue weighted by Gasteiger charge is -2.36. The van der Waals surface area contributed by atoms with Crippen LogP contribution in [0.5, 0.6) is 0 Å². The summed E-state index contributed by atoms with van der Waals surface area (Å²) in [6, 6.07) is 14.9. The molecule has 1 saturated heterocycles. The highest BCUT2D eigenvalue weighted by atomic mass is 35.5. The van der Waals surface area contributed by atoms with E-state index in [1.165, 1.54) is 7.11 Å². The van der Waals surface area contributed by atoms with Crippen molar-refractivity contribution in [2.24, 2.45) is 0 Å². The van der Waals surface area contributed by atoms with Gasteiger partial charge in [-0.3, -0.25) is 9.69 Å². The molecule has 35 heavy (non-hydrogen) atoms. The number of nitrogens with zero attached hydrogens (tertiary/aromatic N) is 2. The Labute approximate surface area is 211 Å². The molecule has 0 saturated carbocycles. The van der Waals surface area contributed by atoms with E-state index in [1.807, 2.05) is 41.3 Å². The first-order chi connectivity index (χ1) is 17.0. The minimum Gasteiger partial charge on any atom is -0.465 e. The molecule has 1 amide bonds. The summed E-state index contributed by atoms with van der Waals surface area (Å²) >= 11 is 6.09. The Morgan fingerprint density at radius 2 is 1.63 bits per heavy atom. The Morgan fingerprint density at radius 3 is 2.26 bits per heavy atom. The van der Waals surface area contributed by atoms with Gasteiger partial charge in [-0.15, -0.1) is 0 Å². The van der Waals surface area contributed by atoms with Crippen molar-refractivity contribution in [3.63, 3.8) is 0 Å². The molecule has 0 spiro atoms. The van der Waals surface area contributed by atoms with Gasteiger partial charge in [-0.1, -0.05) is 35.9 Å². The maximum Gasteiger partial charge on any atom is 0.337 e. The van der Waals surface area contributed by atoms with Crippen molar-refractivity contribution >= 4 is 23.5 Å². The first-order valence-electron chi connectivity index (χ1n) is 11.6. The van der Waals surface area contributed by atoms with Gasteiger partial charge in [-0.25, -0.2) is 4.79 Å². The summed E-state index contributed by atoms with van der Waals surface area (Å²) in [5.41, 5.74) is 2.49. The fraction of sp³-hybridized carbons (Fsp3) is 0.462. The molecule has 1 unspecified atom stereocenters. The van der Waals surface area contributed by atoms with Crippen LogP contribution in [-0.4, -0.2) is 88.4 Å². The summed E-state index contributed by atoms with van der Waals surface area (Å²) in [5, 5.41) is 0.672. The lowest BCUT2D eigenvalue weighted by molar-refractivity contribution is -0.138. The van der Waals surface area contributed by atoms with Crippen LogP contribution in [0, 0.1) is 0 Å². The van der Waals surface area contributed by atoms with E-state index < -0.39 is 0 Å². The van der Waals surface area contributed by atoms with Crippen molar-refractivity contribution in [1.29, 1.82) is 0 Å². The summed E-state index contributed by atoms with van der Waals surface area (Å²) < 4.78 is 21.4. The number of methoxy groups -OCH3 is 2. The number of piperazine rings is 1. The molecule has 1 aliphatic rings. The number of benzene rings is 2. The normalized spacial score (nSPS) is 15.1. The van der Waals surface area contributed by atoms with Crippen molar-refractivity contribution in [3.8, 4) is 0 Å². The molecule has 0 N–H and O–H groups in total. The van der Waals surface area contributed by atoms with Crippen LogP contribution in [0.25, 0.3) is 0 Å². The molecule has 1 heterocycles. The second-order valence-electron chi connectivity index (χ2n) is 8.27. The maximum absolute atomic E-state index is 12.4. The van der Waals surface area contributed by atoms with Crippen molar-refractivity contribution in [2.75, 3.05) is 66.8 Å². The van der Waals surface area contributed by atoms with Gasteiger partial charge in [0, 0.05) is 44.9 Å². The SMILES string of the molecule is COCCOCC(=O)N1CCN(CC(OCc2ccc(C(=O)OC)cc2)c2ccc(Cl)cc2)CC1. The zero-order chi connectivity index (χ0) is 25.0.